The molecule has 0 rings (SSSR count). The first-order chi connectivity index (χ1) is 42.7. The molecule has 17 nitrogen and oxygen atoms in total. The van der Waals surface area contributed by atoms with Gasteiger partial charge in [0, 0.05) is 25.7 Å². The molecule has 89 heavy (non-hydrogen) atoms. The molecule has 0 aromatic heterocycles. The quantitative estimate of drug-likeness (QED) is 0.0222. The molecular formula is C70H136O17P2. The number of hydrogen-bond acceptors (Lipinski definition) is 15. The summed E-state index contributed by atoms with van der Waals surface area (Å²) in [6.07, 6.45) is 41.9. The van der Waals surface area contributed by atoms with Crippen LogP contribution in [0.3, 0.4) is 0 Å². The third-order valence-corrected chi connectivity index (χ3v) is 18.7. The van der Waals surface area contributed by atoms with Gasteiger partial charge < -0.3 is 33.8 Å². The van der Waals surface area contributed by atoms with Gasteiger partial charge in [-0.05, 0) is 49.4 Å². The minimum Gasteiger partial charge on any atom is -0.462 e. The largest absolute Gasteiger partial charge is 0.472 e. The van der Waals surface area contributed by atoms with E-state index in [-0.39, 0.29) is 25.7 Å². The van der Waals surface area contributed by atoms with E-state index in [0.29, 0.717) is 37.5 Å². The lowest BCUT2D eigenvalue weighted by molar-refractivity contribution is -0.161. The van der Waals surface area contributed by atoms with E-state index in [0.717, 1.165) is 108 Å². The molecule has 0 heterocycles. The van der Waals surface area contributed by atoms with Crippen molar-refractivity contribution in [3.63, 3.8) is 0 Å². The van der Waals surface area contributed by atoms with E-state index < -0.39 is 97.5 Å². The van der Waals surface area contributed by atoms with Crippen molar-refractivity contribution in [3.05, 3.63) is 0 Å². The number of hydrogen-bond donors (Lipinski definition) is 3. The fourth-order valence-electron chi connectivity index (χ4n) is 10.4. The van der Waals surface area contributed by atoms with Gasteiger partial charge in [0.25, 0.3) is 0 Å². The highest BCUT2D eigenvalue weighted by molar-refractivity contribution is 7.47. The monoisotopic (exact) mass is 1310 g/mol. The Kier molecular flexibility index (Phi) is 58.5. The first kappa shape index (κ1) is 87.1. The Morgan fingerprint density at radius 2 is 0.539 bits per heavy atom. The van der Waals surface area contributed by atoms with Crippen LogP contribution in [0, 0.1) is 23.7 Å². The maximum absolute atomic E-state index is 13.0. The molecule has 0 aliphatic rings. The van der Waals surface area contributed by atoms with Crippen LogP contribution in [0.4, 0.5) is 0 Å². The molecule has 3 N–H and O–H groups in total. The third kappa shape index (κ3) is 62.0. The maximum Gasteiger partial charge on any atom is 0.472 e. The lowest BCUT2D eigenvalue weighted by atomic mass is 9.99. The molecule has 7 atom stereocenters. The van der Waals surface area contributed by atoms with E-state index >= 15 is 0 Å². The molecular weight excluding hydrogens is 1170 g/mol. The zero-order valence-electron chi connectivity index (χ0n) is 58.1. The fourth-order valence-corrected chi connectivity index (χ4v) is 12.0. The fraction of sp³-hybridized carbons (Fsp3) is 0.943. The minimum absolute atomic E-state index is 0.102. The van der Waals surface area contributed by atoms with Gasteiger partial charge in [-0.15, -0.1) is 0 Å². The zero-order chi connectivity index (χ0) is 66.1. The number of phosphoric acid groups is 2. The van der Waals surface area contributed by atoms with Gasteiger partial charge in [-0.3, -0.25) is 37.3 Å². The van der Waals surface area contributed by atoms with Crippen molar-refractivity contribution in [1.29, 1.82) is 0 Å². The predicted molar refractivity (Wildman–Crippen MR) is 358 cm³/mol. The summed E-state index contributed by atoms with van der Waals surface area (Å²) in [5.41, 5.74) is 0. The maximum atomic E-state index is 13.0. The van der Waals surface area contributed by atoms with E-state index in [9.17, 15) is 43.2 Å². The second kappa shape index (κ2) is 59.8. The molecule has 0 amide bonds. The number of rotatable bonds is 67. The normalized spacial score (nSPS) is 14.9. The molecule has 0 fully saturated rings. The molecule has 0 aromatic carbocycles. The Morgan fingerprint density at radius 1 is 0.315 bits per heavy atom. The Morgan fingerprint density at radius 3 is 0.798 bits per heavy atom. The molecule has 0 aromatic rings. The molecule has 0 saturated heterocycles. The molecule has 5 unspecified atom stereocenters. The Labute approximate surface area is 543 Å². The van der Waals surface area contributed by atoms with Crippen molar-refractivity contribution in [2.45, 2.75) is 363 Å². The molecule has 0 radical (unpaired) electrons. The van der Waals surface area contributed by atoms with Crippen LogP contribution in [-0.2, 0) is 65.4 Å². The number of phosphoric ester groups is 2. The van der Waals surface area contributed by atoms with E-state index in [1.54, 1.807) is 0 Å². The van der Waals surface area contributed by atoms with Crippen molar-refractivity contribution in [1.82, 2.24) is 0 Å². The Hall–Kier alpha value is -1.94. The molecule has 0 bridgehead atoms. The van der Waals surface area contributed by atoms with Gasteiger partial charge in [-0.2, -0.15) is 0 Å². The van der Waals surface area contributed by atoms with Gasteiger partial charge in [0.2, 0.25) is 0 Å². The summed E-state index contributed by atoms with van der Waals surface area (Å²) >= 11 is 0. The van der Waals surface area contributed by atoms with Crippen molar-refractivity contribution in [2.24, 2.45) is 23.7 Å². The SMILES string of the molecule is CCC(C)CCCCCCCCCCCCCCCCC(=O)OC[C@H](COP(=O)(O)OCC(O)COP(=O)(O)OC[C@@H](COC(=O)CCCCCCCCCC(C)C)OC(=O)CCCCCCCCCCC(C)CC)OC(=O)CCCCCCCCC(C)C. The van der Waals surface area contributed by atoms with E-state index in [4.69, 9.17) is 37.0 Å². The first-order valence-corrected chi connectivity index (χ1v) is 39.3. The summed E-state index contributed by atoms with van der Waals surface area (Å²) in [6.45, 7) is 14.0. The minimum atomic E-state index is -4.95. The van der Waals surface area contributed by atoms with Crippen LogP contribution < -0.4 is 0 Å². The van der Waals surface area contributed by atoms with Gasteiger partial charge in [-0.25, -0.2) is 9.13 Å². The van der Waals surface area contributed by atoms with Gasteiger partial charge in [0.15, 0.2) is 12.2 Å². The number of aliphatic hydroxyl groups excluding tert-OH is 1. The van der Waals surface area contributed by atoms with E-state index in [1.165, 1.54) is 141 Å². The van der Waals surface area contributed by atoms with Crippen LogP contribution in [0.1, 0.15) is 344 Å². The lowest BCUT2D eigenvalue weighted by Crippen LogP contribution is -2.30. The second-order valence-electron chi connectivity index (χ2n) is 26.7. The molecule has 0 aliphatic heterocycles. The van der Waals surface area contributed by atoms with Gasteiger partial charge >= 0.3 is 39.5 Å². The number of aliphatic hydroxyl groups is 1. The number of carbonyl (C=O) groups excluding carboxylic acids is 4. The topological polar surface area (TPSA) is 237 Å². The van der Waals surface area contributed by atoms with Gasteiger partial charge in [-0.1, -0.05) is 293 Å². The summed E-state index contributed by atoms with van der Waals surface area (Å²) in [6, 6.07) is 0. The predicted octanol–water partition coefficient (Wildman–Crippen LogP) is 19.7. The Bertz CT molecular complexity index is 1770. The van der Waals surface area contributed by atoms with Crippen LogP contribution in [0.25, 0.3) is 0 Å². The highest BCUT2D eigenvalue weighted by Gasteiger charge is 2.30. The summed E-state index contributed by atoms with van der Waals surface area (Å²) < 4.78 is 68.2. The van der Waals surface area contributed by atoms with Crippen LogP contribution in [-0.4, -0.2) is 96.7 Å². The highest BCUT2D eigenvalue weighted by atomic mass is 31.2. The molecule has 0 aliphatic carbocycles. The lowest BCUT2D eigenvalue weighted by Gasteiger charge is -2.21. The highest BCUT2D eigenvalue weighted by Crippen LogP contribution is 2.45. The summed E-state index contributed by atoms with van der Waals surface area (Å²) in [7, 11) is -9.90. The third-order valence-electron chi connectivity index (χ3n) is 16.8. The van der Waals surface area contributed by atoms with Crippen LogP contribution in [0.2, 0.25) is 0 Å². The van der Waals surface area contributed by atoms with Crippen molar-refractivity contribution < 1.29 is 80.2 Å². The van der Waals surface area contributed by atoms with Gasteiger partial charge in [0.1, 0.15) is 19.3 Å². The molecule has 528 valence electrons. The second-order valence-corrected chi connectivity index (χ2v) is 29.6. The van der Waals surface area contributed by atoms with E-state index in [1.807, 2.05) is 0 Å². The van der Waals surface area contributed by atoms with Crippen molar-refractivity contribution >= 4 is 39.5 Å². The Balaban J connectivity index is 5.18. The number of esters is 4. The van der Waals surface area contributed by atoms with Crippen LogP contribution in [0.5, 0.6) is 0 Å². The average Bonchev–Trinajstić information content (AvgIpc) is 3.70. The molecule has 0 spiro atoms. The average molecular weight is 1310 g/mol. The van der Waals surface area contributed by atoms with Crippen molar-refractivity contribution in [2.75, 3.05) is 39.6 Å². The van der Waals surface area contributed by atoms with Gasteiger partial charge in [0.05, 0.1) is 26.4 Å². The number of carbonyl (C=O) groups is 4. The first-order valence-electron chi connectivity index (χ1n) is 36.3. The van der Waals surface area contributed by atoms with Crippen molar-refractivity contribution in [3.8, 4) is 0 Å². The standard InChI is InChI=1S/C70H136O17P2/c1-9-62(7)48-40-32-23-17-15-13-11-12-14-16-18-25-34-42-50-67(72)80-57-66(87-70(75)53-45-37-29-28-31-39-47-61(5)6)59-85-89(78,79)83-55-64(71)54-82-88(76,77)84-58-65(56-81-68(73)51-43-35-27-21-22-30-38-46-60(3)4)86-69(74)52-44-36-26-20-19-24-33-41-49-63(8)10-2/h60-66,71H,9-59H2,1-8H3,(H,76,77)(H,78,79)/t62?,63?,64?,65-,66-/m1/s1. The molecule has 0 saturated carbocycles. The molecule has 19 heteroatoms. The number of ether oxygens (including phenoxy) is 4. The smallest absolute Gasteiger partial charge is 0.462 e. The van der Waals surface area contributed by atoms with Crippen LogP contribution in [0.15, 0.2) is 0 Å². The summed E-state index contributed by atoms with van der Waals surface area (Å²) in [5.74, 6) is 0.858. The number of unbranched alkanes of at least 4 members (excludes halogenated alkanes) is 31. The zero-order valence-corrected chi connectivity index (χ0v) is 59.8. The van der Waals surface area contributed by atoms with Crippen LogP contribution >= 0.6 is 15.6 Å². The summed E-state index contributed by atoms with van der Waals surface area (Å²) in [5, 5.41) is 10.6. The summed E-state index contributed by atoms with van der Waals surface area (Å²) in [4.78, 5) is 72.4. The van der Waals surface area contributed by atoms with E-state index in [2.05, 4.69) is 55.4 Å².